The molecule has 0 aromatic carbocycles. The predicted molar refractivity (Wildman–Crippen MR) is 233 cm³/mol. The van der Waals surface area contributed by atoms with E-state index in [1.807, 2.05) is 6.92 Å². The maximum Gasteiger partial charge on any atom is 0.302 e. The van der Waals surface area contributed by atoms with Gasteiger partial charge in [0.1, 0.15) is 73.8 Å². The summed E-state index contributed by atoms with van der Waals surface area (Å²) in [5.74, 6) is -0.645. The van der Waals surface area contributed by atoms with Crippen molar-refractivity contribution >= 4 is 5.97 Å². The summed E-state index contributed by atoms with van der Waals surface area (Å²) in [6.45, 7) is 10.7. The van der Waals surface area contributed by atoms with Gasteiger partial charge >= 0.3 is 5.97 Å². The molecule has 68 heavy (non-hydrogen) atoms. The number of methoxy groups -OCH3 is 1. The molecule has 20 heteroatoms. The summed E-state index contributed by atoms with van der Waals surface area (Å²) in [4.78, 5) is 11.8. The van der Waals surface area contributed by atoms with Crippen LogP contribution in [0.15, 0.2) is 11.6 Å². The predicted octanol–water partition coefficient (Wildman–Crippen LogP) is -0.636. The molecule has 0 aromatic heterocycles. The molecule has 0 amide bonds. The van der Waals surface area contributed by atoms with Gasteiger partial charge in [0.2, 0.25) is 0 Å². The third kappa shape index (κ3) is 9.27. The van der Waals surface area contributed by atoms with Gasteiger partial charge in [-0.15, -0.1) is 0 Å². The molecule has 27 atom stereocenters. The van der Waals surface area contributed by atoms with Gasteiger partial charge in [-0.3, -0.25) is 4.79 Å². The first-order valence-electron chi connectivity index (χ1n) is 24.8. The number of carbonyl (C=O) groups excluding carboxylic acids is 1. The highest BCUT2D eigenvalue weighted by Crippen LogP contribution is 2.70. The van der Waals surface area contributed by atoms with E-state index in [-0.39, 0.29) is 60.1 Å². The average molecular weight is 975 g/mol. The van der Waals surface area contributed by atoms with Gasteiger partial charge in [0.05, 0.1) is 37.6 Å². The number of rotatable bonds is 14. The van der Waals surface area contributed by atoms with Crippen LogP contribution in [0.4, 0.5) is 0 Å². The standard InChI is InChI=1S/C48H78O20/c1-20(18-62-43-40(58)38(56)35(53)30(17-49)64-43)10-13-48(60-7)21(2)33-29(68-48)16-28-26-9-8-24-14-25(51)15-32(47(24,6)27(26)11-12-46(28,33)5)66-45-42(39(57)36(54)31(65-45)19-61-23(4)50)67-44-41(59)37(55)34(52)22(3)63-44/h8,20-22,25-45,49,51-59H,9-19H2,1-7H3/t20-,21+,22+,25-,26-,27+,28+,29+,30-,31-,32-,33+,34+,35-,36-,37-,38+,39+,40-,41-,42-,43-,44+,45+,46+,47+,48-/m1/s1. The Hall–Kier alpha value is -1.51. The van der Waals surface area contributed by atoms with Gasteiger partial charge in [0.15, 0.2) is 24.7 Å². The summed E-state index contributed by atoms with van der Waals surface area (Å²) < 4.78 is 55.1. The van der Waals surface area contributed by atoms with Crippen LogP contribution in [0.1, 0.15) is 92.9 Å². The molecule has 0 bridgehead atoms. The molecule has 8 aliphatic rings. The van der Waals surface area contributed by atoms with E-state index < -0.39 is 135 Å². The molecule has 4 aliphatic heterocycles. The Morgan fingerprint density at radius 1 is 0.824 bits per heavy atom. The number of aliphatic hydroxyl groups excluding tert-OH is 10. The van der Waals surface area contributed by atoms with Crippen molar-refractivity contribution in [2.75, 3.05) is 26.9 Å². The molecule has 0 aromatic rings. The zero-order valence-electron chi connectivity index (χ0n) is 40.3. The van der Waals surface area contributed by atoms with Crippen LogP contribution in [-0.2, 0) is 47.4 Å². The Labute approximate surface area is 397 Å². The minimum Gasteiger partial charge on any atom is -0.463 e. The van der Waals surface area contributed by atoms with E-state index in [0.717, 1.165) is 31.3 Å². The van der Waals surface area contributed by atoms with E-state index in [0.29, 0.717) is 19.3 Å². The molecule has 4 aliphatic carbocycles. The second kappa shape index (κ2) is 20.4. The van der Waals surface area contributed by atoms with Gasteiger partial charge in [-0.25, -0.2) is 0 Å². The van der Waals surface area contributed by atoms with Crippen LogP contribution in [0.2, 0.25) is 0 Å². The molecule has 8 rings (SSSR count). The van der Waals surface area contributed by atoms with Crippen molar-refractivity contribution in [3.63, 3.8) is 0 Å². The van der Waals surface area contributed by atoms with E-state index in [4.69, 9.17) is 42.6 Å². The van der Waals surface area contributed by atoms with Crippen LogP contribution in [0.3, 0.4) is 0 Å². The lowest BCUT2D eigenvalue weighted by atomic mass is 9.46. The third-order valence-corrected chi connectivity index (χ3v) is 18.0. The van der Waals surface area contributed by atoms with E-state index in [1.165, 1.54) is 13.8 Å². The molecule has 10 N–H and O–H groups in total. The van der Waals surface area contributed by atoms with Gasteiger partial charge in [-0.05, 0) is 80.5 Å². The maximum atomic E-state index is 11.8. The molecular weight excluding hydrogens is 897 g/mol. The van der Waals surface area contributed by atoms with Crippen LogP contribution < -0.4 is 0 Å². The second-order valence-corrected chi connectivity index (χ2v) is 21.9. The average Bonchev–Trinajstić information content (AvgIpc) is 3.76. The topological polar surface area (TPSA) is 302 Å². The Kier molecular flexibility index (Phi) is 15.9. The highest BCUT2D eigenvalue weighted by atomic mass is 16.8. The maximum absolute atomic E-state index is 11.8. The zero-order chi connectivity index (χ0) is 49.4. The van der Waals surface area contributed by atoms with E-state index in [9.17, 15) is 55.9 Å². The van der Waals surface area contributed by atoms with Gasteiger partial charge < -0.3 is 93.7 Å². The zero-order valence-corrected chi connectivity index (χ0v) is 40.3. The lowest BCUT2D eigenvalue weighted by Crippen LogP contribution is -2.65. The molecular formula is C48H78O20. The molecule has 3 saturated carbocycles. The van der Waals surface area contributed by atoms with Crippen LogP contribution in [-0.4, -0.2) is 200 Å². The number of aliphatic hydroxyl groups is 10. The molecule has 0 unspecified atom stereocenters. The quantitative estimate of drug-likeness (QED) is 0.0765. The monoisotopic (exact) mass is 975 g/mol. The number of hydrogen-bond donors (Lipinski definition) is 10. The first-order chi connectivity index (χ1) is 32.1. The lowest BCUT2D eigenvalue weighted by molar-refractivity contribution is -0.374. The molecule has 7 fully saturated rings. The van der Waals surface area contributed by atoms with Crippen LogP contribution in [0.25, 0.3) is 0 Å². The van der Waals surface area contributed by atoms with Crippen molar-refractivity contribution in [2.24, 2.45) is 46.3 Å². The molecule has 0 radical (unpaired) electrons. The fourth-order valence-corrected chi connectivity index (χ4v) is 14.1. The van der Waals surface area contributed by atoms with Gasteiger partial charge in [0, 0.05) is 38.2 Å². The molecule has 4 saturated heterocycles. The first kappa shape index (κ1) is 52.8. The second-order valence-electron chi connectivity index (χ2n) is 21.9. The Balaban J connectivity index is 0.977. The number of hydrogen-bond acceptors (Lipinski definition) is 20. The summed E-state index contributed by atoms with van der Waals surface area (Å²) in [7, 11) is 1.69. The van der Waals surface area contributed by atoms with Crippen LogP contribution >= 0.6 is 0 Å². The Morgan fingerprint density at radius 3 is 2.19 bits per heavy atom. The largest absolute Gasteiger partial charge is 0.463 e. The molecule has 20 nitrogen and oxygen atoms in total. The summed E-state index contributed by atoms with van der Waals surface area (Å²) in [5, 5.41) is 107. The highest BCUT2D eigenvalue weighted by molar-refractivity contribution is 5.65. The molecule has 390 valence electrons. The fraction of sp³-hybridized carbons (Fsp3) is 0.938. The highest BCUT2D eigenvalue weighted by Gasteiger charge is 2.69. The number of carbonyl (C=O) groups is 1. The van der Waals surface area contributed by atoms with Crippen molar-refractivity contribution in [2.45, 2.75) is 209 Å². The van der Waals surface area contributed by atoms with Gasteiger partial charge in [-0.2, -0.15) is 0 Å². The van der Waals surface area contributed by atoms with Crippen molar-refractivity contribution in [1.82, 2.24) is 0 Å². The summed E-state index contributed by atoms with van der Waals surface area (Å²) >= 11 is 0. The smallest absolute Gasteiger partial charge is 0.302 e. The Morgan fingerprint density at radius 2 is 1.50 bits per heavy atom. The van der Waals surface area contributed by atoms with E-state index in [2.05, 4.69) is 26.8 Å². The summed E-state index contributed by atoms with van der Waals surface area (Å²) in [6, 6.07) is 0. The number of allylic oxidation sites excluding steroid dienone is 1. The number of esters is 1. The summed E-state index contributed by atoms with van der Waals surface area (Å²) in [6.07, 6.45) is -15.5. The van der Waals surface area contributed by atoms with E-state index >= 15 is 0 Å². The first-order valence-corrected chi connectivity index (χ1v) is 24.8. The minimum atomic E-state index is -1.73. The van der Waals surface area contributed by atoms with E-state index in [1.54, 1.807) is 7.11 Å². The van der Waals surface area contributed by atoms with Crippen molar-refractivity contribution in [3.05, 3.63) is 11.6 Å². The normalized spacial score (nSPS) is 52.8. The summed E-state index contributed by atoms with van der Waals surface area (Å²) in [5.41, 5.74) is 0.355. The molecule has 4 heterocycles. The van der Waals surface area contributed by atoms with Gasteiger partial charge in [0.25, 0.3) is 0 Å². The fourth-order valence-electron chi connectivity index (χ4n) is 14.1. The lowest BCUT2D eigenvalue weighted by Gasteiger charge is -2.60. The van der Waals surface area contributed by atoms with Crippen molar-refractivity contribution < 1.29 is 98.5 Å². The Bertz CT molecular complexity index is 1770. The van der Waals surface area contributed by atoms with Crippen LogP contribution in [0, 0.1) is 46.3 Å². The number of fused-ring (bicyclic) bond motifs is 7. The van der Waals surface area contributed by atoms with Gasteiger partial charge in [-0.1, -0.05) is 39.3 Å². The molecule has 0 spiro atoms. The minimum absolute atomic E-state index is 0.0238. The van der Waals surface area contributed by atoms with Crippen molar-refractivity contribution in [3.8, 4) is 0 Å². The number of ether oxygens (including phenoxy) is 9. The third-order valence-electron chi connectivity index (χ3n) is 18.0. The van der Waals surface area contributed by atoms with Crippen molar-refractivity contribution in [1.29, 1.82) is 0 Å². The van der Waals surface area contributed by atoms with Crippen LogP contribution in [0.5, 0.6) is 0 Å². The SMILES string of the molecule is CO[C@]1(CC[C@@H](C)CO[C@@H]2O[C@H](CO)[C@@H](O)[C@H](O)[C@H]2O)O[C@H]2C[C@H]3[C@@H]4CC=C5C[C@@H](O)C[C@@H](O[C@@H]6O[C@H](COC(C)=O)[C@@H](O)[C@H](O)[C@H]6O[C@@H]6O[C@@H](C)[C@H](O)[C@@H](O)[C@H]6O)[C@]5(C)[C@H]4CC[C@]3(C)[C@H]2[C@@H]1C.